The van der Waals surface area contributed by atoms with Gasteiger partial charge in [-0.3, -0.25) is 4.98 Å². The quantitative estimate of drug-likeness (QED) is 0.843. The van der Waals surface area contributed by atoms with Crippen LogP contribution in [0.25, 0.3) is 0 Å². The van der Waals surface area contributed by atoms with Crippen molar-refractivity contribution >= 4 is 0 Å². The minimum atomic E-state index is -0.141. The largest absolute Gasteiger partial charge is 0.392 e. The standard InChI is InChI=1S/C14H19NO/c16-14(9-10-3-5-15-6-4-10)13-8-11-1-2-12(13)7-11/h3-6,11-14,16H,1-2,7-9H2. The van der Waals surface area contributed by atoms with Crippen molar-refractivity contribution < 1.29 is 5.11 Å². The predicted octanol–water partition coefficient (Wildman–Crippen LogP) is 2.42. The first-order valence-electron chi connectivity index (χ1n) is 6.40. The summed E-state index contributed by atoms with van der Waals surface area (Å²) in [5.74, 6) is 2.29. The number of rotatable bonds is 3. The lowest BCUT2D eigenvalue weighted by atomic mass is 9.82. The van der Waals surface area contributed by atoms with Gasteiger partial charge in [-0.15, -0.1) is 0 Å². The molecule has 0 radical (unpaired) electrons. The second-order valence-electron chi connectivity index (χ2n) is 5.47. The minimum Gasteiger partial charge on any atom is -0.392 e. The Labute approximate surface area is 96.7 Å². The van der Waals surface area contributed by atoms with Gasteiger partial charge in [0.2, 0.25) is 0 Å². The molecule has 1 aromatic heterocycles. The molecule has 2 aliphatic rings. The molecule has 0 aromatic carbocycles. The van der Waals surface area contributed by atoms with Crippen LogP contribution < -0.4 is 0 Å². The van der Waals surface area contributed by atoms with Gasteiger partial charge in [-0.2, -0.15) is 0 Å². The molecule has 1 N–H and O–H groups in total. The number of aromatic nitrogens is 1. The minimum absolute atomic E-state index is 0.141. The molecule has 0 aliphatic heterocycles. The molecule has 4 unspecified atom stereocenters. The summed E-state index contributed by atoms with van der Waals surface area (Å²) >= 11 is 0. The van der Waals surface area contributed by atoms with Crippen LogP contribution in [0.2, 0.25) is 0 Å². The zero-order chi connectivity index (χ0) is 11.0. The highest BCUT2D eigenvalue weighted by Crippen LogP contribution is 2.49. The van der Waals surface area contributed by atoms with Gasteiger partial charge < -0.3 is 5.11 Å². The summed E-state index contributed by atoms with van der Waals surface area (Å²) in [4.78, 5) is 4.01. The first kappa shape index (κ1) is 10.3. The summed E-state index contributed by atoms with van der Waals surface area (Å²) in [7, 11) is 0. The Balaban J connectivity index is 1.64. The topological polar surface area (TPSA) is 33.1 Å². The van der Waals surface area contributed by atoms with Crippen LogP contribution in [0.4, 0.5) is 0 Å². The van der Waals surface area contributed by atoms with E-state index in [1.807, 2.05) is 24.5 Å². The highest BCUT2D eigenvalue weighted by atomic mass is 16.3. The van der Waals surface area contributed by atoms with Gasteiger partial charge >= 0.3 is 0 Å². The summed E-state index contributed by atoms with van der Waals surface area (Å²) in [6, 6.07) is 4.02. The summed E-state index contributed by atoms with van der Waals surface area (Å²) in [6.07, 6.45) is 9.67. The van der Waals surface area contributed by atoms with Gasteiger partial charge in [0.15, 0.2) is 0 Å². The Kier molecular flexibility index (Phi) is 2.68. The number of aliphatic hydroxyl groups is 1. The third-order valence-electron chi connectivity index (χ3n) is 4.48. The van der Waals surface area contributed by atoms with E-state index in [1.54, 1.807) is 0 Å². The third-order valence-corrected chi connectivity index (χ3v) is 4.48. The van der Waals surface area contributed by atoms with E-state index in [9.17, 15) is 5.11 Å². The molecule has 2 heteroatoms. The Morgan fingerprint density at radius 2 is 2.06 bits per heavy atom. The Hall–Kier alpha value is -0.890. The molecular formula is C14H19NO. The van der Waals surface area contributed by atoms with Gasteiger partial charge in [0.05, 0.1) is 6.10 Å². The molecule has 86 valence electrons. The molecule has 2 bridgehead atoms. The van der Waals surface area contributed by atoms with Crippen molar-refractivity contribution in [3.05, 3.63) is 30.1 Å². The molecule has 0 spiro atoms. The van der Waals surface area contributed by atoms with Crippen molar-refractivity contribution in [3.63, 3.8) is 0 Å². The number of fused-ring (bicyclic) bond motifs is 2. The third kappa shape index (κ3) is 1.86. The first-order valence-corrected chi connectivity index (χ1v) is 6.40. The Morgan fingerprint density at radius 3 is 2.69 bits per heavy atom. The van der Waals surface area contributed by atoms with E-state index in [4.69, 9.17) is 0 Å². The average Bonchev–Trinajstić information content (AvgIpc) is 2.92. The molecular weight excluding hydrogens is 198 g/mol. The van der Waals surface area contributed by atoms with Crippen LogP contribution in [0.3, 0.4) is 0 Å². The summed E-state index contributed by atoms with van der Waals surface area (Å²) < 4.78 is 0. The van der Waals surface area contributed by atoms with Crippen molar-refractivity contribution in [2.45, 2.75) is 38.2 Å². The molecule has 2 nitrogen and oxygen atoms in total. The van der Waals surface area contributed by atoms with E-state index in [-0.39, 0.29) is 6.10 Å². The zero-order valence-corrected chi connectivity index (χ0v) is 9.55. The Morgan fingerprint density at radius 1 is 1.25 bits per heavy atom. The van der Waals surface area contributed by atoms with Crippen molar-refractivity contribution in [2.24, 2.45) is 17.8 Å². The average molecular weight is 217 g/mol. The zero-order valence-electron chi connectivity index (χ0n) is 9.55. The summed E-state index contributed by atoms with van der Waals surface area (Å²) in [5.41, 5.74) is 1.21. The van der Waals surface area contributed by atoms with Crippen molar-refractivity contribution in [1.82, 2.24) is 4.98 Å². The lowest BCUT2D eigenvalue weighted by Crippen LogP contribution is -2.27. The maximum Gasteiger partial charge on any atom is 0.0611 e. The second kappa shape index (κ2) is 4.17. The van der Waals surface area contributed by atoms with Crippen LogP contribution in [-0.2, 0) is 6.42 Å². The summed E-state index contributed by atoms with van der Waals surface area (Å²) in [6.45, 7) is 0. The van der Waals surface area contributed by atoms with Gasteiger partial charge in [0.1, 0.15) is 0 Å². The smallest absolute Gasteiger partial charge is 0.0611 e. The van der Waals surface area contributed by atoms with E-state index in [1.165, 1.54) is 31.2 Å². The lowest BCUT2D eigenvalue weighted by molar-refractivity contribution is 0.0751. The monoisotopic (exact) mass is 217 g/mol. The lowest BCUT2D eigenvalue weighted by Gasteiger charge is -2.26. The summed E-state index contributed by atoms with van der Waals surface area (Å²) in [5, 5.41) is 10.3. The molecule has 1 aromatic rings. The maximum atomic E-state index is 10.3. The fraction of sp³-hybridized carbons (Fsp3) is 0.643. The van der Waals surface area contributed by atoms with E-state index >= 15 is 0 Å². The molecule has 16 heavy (non-hydrogen) atoms. The number of hydrogen-bond acceptors (Lipinski definition) is 2. The number of nitrogens with zero attached hydrogens (tertiary/aromatic N) is 1. The number of aliphatic hydroxyl groups excluding tert-OH is 1. The molecule has 2 saturated carbocycles. The predicted molar refractivity (Wildman–Crippen MR) is 62.9 cm³/mol. The molecule has 4 atom stereocenters. The molecule has 3 rings (SSSR count). The van der Waals surface area contributed by atoms with Crippen LogP contribution in [0.15, 0.2) is 24.5 Å². The fourth-order valence-corrected chi connectivity index (χ4v) is 3.68. The van der Waals surface area contributed by atoms with E-state index in [2.05, 4.69) is 4.98 Å². The highest BCUT2D eigenvalue weighted by Gasteiger charge is 2.42. The molecule has 0 saturated heterocycles. The number of hydrogen-bond donors (Lipinski definition) is 1. The van der Waals surface area contributed by atoms with Gasteiger partial charge in [-0.25, -0.2) is 0 Å². The van der Waals surface area contributed by atoms with Gasteiger partial charge in [-0.05, 0) is 61.1 Å². The van der Waals surface area contributed by atoms with E-state index < -0.39 is 0 Å². The normalized spacial score (nSPS) is 34.2. The van der Waals surface area contributed by atoms with Crippen molar-refractivity contribution in [1.29, 1.82) is 0 Å². The fourth-order valence-electron chi connectivity index (χ4n) is 3.68. The van der Waals surface area contributed by atoms with Crippen LogP contribution >= 0.6 is 0 Å². The molecule has 2 fully saturated rings. The van der Waals surface area contributed by atoms with Gasteiger partial charge in [-0.1, -0.05) is 6.42 Å². The molecule has 1 heterocycles. The first-order chi connectivity index (χ1) is 7.83. The van der Waals surface area contributed by atoms with Crippen molar-refractivity contribution in [2.75, 3.05) is 0 Å². The van der Waals surface area contributed by atoms with Crippen LogP contribution in [0, 0.1) is 17.8 Å². The SMILES string of the molecule is OC(Cc1ccncc1)C1CC2CCC1C2. The number of pyridine rings is 1. The molecule has 0 amide bonds. The second-order valence-corrected chi connectivity index (χ2v) is 5.47. The van der Waals surface area contributed by atoms with Gasteiger partial charge in [0.25, 0.3) is 0 Å². The van der Waals surface area contributed by atoms with Crippen LogP contribution in [0.1, 0.15) is 31.2 Å². The maximum absolute atomic E-state index is 10.3. The van der Waals surface area contributed by atoms with Crippen LogP contribution in [0.5, 0.6) is 0 Å². The van der Waals surface area contributed by atoms with Crippen molar-refractivity contribution in [3.8, 4) is 0 Å². The van der Waals surface area contributed by atoms with E-state index in [0.717, 1.165) is 18.3 Å². The molecule has 2 aliphatic carbocycles. The van der Waals surface area contributed by atoms with E-state index in [0.29, 0.717) is 5.92 Å². The van der Waals surface area contributed by atoms with Gasteiger partial charge in [0, 0.05) is 12.4 Å². The highest BCUT2D eigenvalue weighted by molar-refractivity contribution is 5.11. The Bertz CT molecular complexity index is 351. The van der Waals surface area contributed by atoms with Crippen LogP contribution in [-0.4, -0.2) is 16.2 Å².